The van der Waals surface area contributed by atoms with Crippen molar-refractivity contribution in [3.63, 3.8) is 0 Å². The van der Waals surface area contributed by atoms with E-state index >= 15 is 0 Å². The van der Waals surface area contributed by atoms with Crippen LogP contribution in [0.25, 0.3) is 17.2 Å². The zero-order chi connectivity index (χ0) is 64.3. The van der Waals surface area contributed by atoms with Gasteiger partial charge < -0.3 is 65.4 Å². The van der Waals surface area contributed by atoms with E-state index in [0.717, 1.165) is 128 Å². The topological polar surface area (TPSA) is 225 Å². The minimum Gasteiger partial charge on any atom is -0.502 e. The molecule has 4 aromatic carbocycles. The van der Waals surface area contributed by atoms with Gasteiger partial charge in [-0.05, 0) is 170 Å². The maximum atomic E-state index is 14.5. The number of nitrogens with zero attached hydrogens (tertiary/aromatic N) is 1. The number of aliphatic hydroxyl groups excluding tert-OH is 3. The second kappa shape index (κ2) is 26.4. The monoisotopic (exact) mass is 1270 g/mol. The first-order valence-corrected chi connectivity index (χ1v) is 35.5. The number of carbonyl (C=O) groups excluding carboxylic acids is 2. The zero-order valence-corrected chi connectivity index (χ0v) is 55.4. The van der Waals surface area contributed by atoms with Crippen molar-refractivity contribution in [1.29, 1.82) is 0 Å². The molecule has 4 aromatic rings. The summed E-state index contributed by atoms with van der Waals surface area (Å²) in [6, 6.07) is 16.8. The summed E-state index contributed by atoms with van der Waals surface area (Å²) in [7, 11) is 7.33. The van der Waals surface area contributed by atoms with Crippen LogP contribution in [0.15, 0.2) is 66.3 Å². The molecule has 0 aromatic heterocycles. The number of allylic oxidation sites excluding steroid dienone is 1. The van der Waals surface area contributed by atoms with Gasteiger partial charge in [-0.25, -0.2) is 0 Å². The fourth-order valence-electron chi connectivity index (χ4n) is 20.3. The summed E-state index contributed by atoms with van der Waals surface area (Å²) in [6.45, 7) is 3.58. The van der Waals surface area contributed by atoms with Gasteiger partial charge in [0.1, 0.15) is 23.9 Å². The first-order chi connectivity index (χ1) is 45.3. The molecule has 0 unspecified atom stereocenters. The Morgan fingerprint density at radius 1 is 0.806 bits per heavy atom. The molecule has 6 aliphatic carbocycles. The number of phenols is 1. The Bertz CT molecular complexity index is 3530. The lowest BCUT2D eigenvalue weighted by Crippen LogP contribution is -2.65. The summed E-state index contributed by atoms with van der Waals surface area (Å²) in [5, 5.41) is 67.2. The van der Waals surface area contributed by atoms with Gasteiger partial charge in [-0.1, -0.05) is 81.4 Å². The molecule has 17 nitrogen and oxygen atoms in total. The minimum absolute atomic E-state index is 0.0235. The second-order valence-electron chi connectivity index (χ2n) is 29.3. The third-order valence-electron chi connectivity index (χ3n) is 24.5. The third-order valence-corrected chi connectivity index (χ3v) is 24.5. The average molecular weight is 1270 g/mol. The number of fused-ring (bicyclic) bond motifs is 6. The number of piperidine rings is 1. The van der Waals surface area contributed by atoms with Gasteiger partial charge in [-0.2, -0.15) is 0 Å². The number of hydrogen-bond donors (Lipinski definition) is 9. The van der Waals surface area contributed by atoms with Crippen LogP contribution >= 0.6 is 0 Å². The van der Waals surface area contributed by atoms with Crippen LogP contribution in [0.3, 0.4) is 0 Å². The number of amides is 2. The van der Waals surface area contributed by atoms with Crippen molar-refractivity contribution in [3.8, 4) is 45.6 Å². The predicted octanol–water partition coefficient (Wildman–Crippen LogP) is 10.8. The molecule has 93 heavy (non-hydrogen) atoms. The SMILES string of the molecule is CNCCOc1cc(O[C@@]23CCC[C@@H](CC[C@H]4CCC[C@H](NC)C4)[C@@H]2CC[C@H](C)N3)c2c3c1CCc1c-3c(cc3c1[C@@H](O)[C@H](c1cc(OC)c(O)c(OC[C@H](CO)[C@]45CCC[C@H](C6(N7C(=O)C=C(CNC)C7=O)CCCCC6)[C@H]4C=Cc4ccccc45)c1)CO3)N[C@@H]2O. The summed E-state index contributed by atoms with van der Waals surface area (Å²) in [5.41, 5.74) is 7.12. The highest BCUT2D eigenvalue weighted by Crippen LogP contribution is 2.62. The molecular formula is C76H100N6O11. The highest BCUT2D eigenvalue weighted by atomic mass is 16.5. The van der Waals surface area contributed by atoms with Gasteiger partial charge in [0.15, 0.2) is 23.5 Å². The van der Waals surface area contributed by atoms with E-state index in [9.17, 15) is 30.0 Å². The molecule has 500 valence electrons. The number of anilines is 1. The van der Waals surface area contributed by atoms with Crippen molar-refractivity contribution >= 4 is 23.6 Å². The maximum absolute atomic E-state index is 14.5. The first kappa shape index (κ1) is 64.2. The molecule has 1 saturated heterocycles. The van der Waals surface area contributed by atoms with Crippen LogP contribution in [0.5, 0.6) is 34.5 Å². The maximum Gasteiger partial charge on any atom is 0.258 e. The molecule has 14 rings (SSSR count). The number of nitrogens with one attached hydrogen (secondary N) is 5. The summed E-state index contributed by atoms with van der Waals surface area (Å²) < 4.78 is 34.0. The van der Waals surface area contributed by atoms with Gasteiger partial charge in [0.05, 0.1) is 44.1 Å². The number of hydrogen-bond acceptors (Lipinski definition) is 16. The lowest BCUT2D eigenvalue weighted by molar-refractivity contribution is -0.153. The van der Waals surface area contributed by atoms with Crippen molar-refractivity contribution < 1.29 is 53.7 Å². The Labute approximate surface area is 549 Å². The van der Waals surface area contributed by atoms with Gasteiger partial charge >= 0.3 is 0 Å². The Balaban J connectivity index is 0.783. The van der Waals surface area contributed by atoms with E-state index in [-0.39, 0.29) is 66.8 Å². The van der Waals surface area contributed by atoms with Crippen LogP contribution in [0.1, 0.15) is 186 Å². The Kier molecular flexibility index (Phi) is 18.2. The lowest BCUT2D eigenvalue weighted by Gasteiger charge is -2.60. The van der Waals surface area contributed by atoms with Crippen molar-refractivity contribution in [2.24, 2.45) is 35.5 Å². The summed E-state index contributed by atoms with van der Waals surface area (Å²) >= 11 is 0. The molecule has 17 heteroatoms. The highest BCUT2D eigenvalue weighted by Gasteiger charge is 2.61. The Morgan fingerprint density at radius 3 is 2.43 bits per heavy atom. The van der Waals surface area contributed by atoms with E-state index < -0.39 is 40.8 Å². The lowest BCUT2D eigenvalue weighted by atomic mass is 9.47. The molecule has 5 fully saturated rings. The van der Waals surface area contributed by atoms with Crippen LogP contribution in [-0.2, 0) is 27.8 Å². The molecule has 9 N–H and O–H groups in total. The first-order valence-electron chi connectivity index (χ1n) is 35.5. The van der Waals surface area contributed by atoms with Crippen LogP contribution in [0.2, 0.25) is 0 Å². The second-order valence-corrected chi connectivity index (χ2v) is 29.3. The fourth-order valence-corrected chi connectivity index (χ4v) is 20.3. The number of likely N-dealkylation sites (N-methyl/N-ethyl adjacent to an activating group) is 2. The number of aromatic hydroxyl groups is 1. The van der Waals surface area contributed by atoms with Crippen molar-refractivity contribution in [2.75, 3.05) is 73.1 Å². The smallest absolute Gasteiger partial charge is 0.258 e. The standard InChI is InChI=1S/C76H100N6O11/c1-44-20-26-56-47(22-21-45-14-11-17-51(34-45)79-4)16-12-31-76(56,81-44)93-62-39-60(90-33-32-77-2)52-24-25-53-66-59(80-72(87)69(62)68(52)66)38-61-67(53)70(85)54(43-92-61)48-35-63(89-5)71(86)64(36-48)91-42-50(41-83)75-30-13-19-57(58(75)27-23-46-15-7-8-18-55(46)75)74(28-9-6-10-29-74)82-65(84)37-49(40-78-3)73(82)88/h7-8,15,18,23,27,35-39,44-45,47,50-51,54,56-58,70,72,77-81,83,85-87H,6,9-14,16-17,19-22,24-26,28-34,40-43H2,1-5H3/t44-,45+,47-,50-,51-,54-,56-,57-,58+,70-,72+,75-,76-/m0/s1. The van der Waals surface area contributed by atoms with E-state index in [0.29, 0.717) is 84.2 Å². The van der Waals surface area contributed by atoms with Gasteiger partial charge in [0.2, 0.25) is 5.75 Å². The molecule has 10 aliphatic rings. The minimum atomic E-state index is -1.10. The predicted molar refractivity (Wildman–Crippen MR) is 359 cm³/mol. The van der Waals surface area contributed by atoms with Crippen molar-refractivity contribution in [3.05, 3.63) is 105 Å². The Morgan fingerprint density at radius 2 is 1.62 bits per heavy atom. The summed E-state index contributed by atoms with van der Waals surface area (Å²) in [6.07, 6.45) is 24.5. The van der Waals surface area contributed by atoms with E-state index in [1.807, 2.05) is 19.2 Å². The van der Waals surface area contributed by atoms with Gasteiger partial charge in [0.25, 0.3) is 11.8 Å². The molecular weight excluding hydrogens is 1170 g/mol. The number of aliphatic hydroxyl groups is 3. The molecule has 0 bridgehead atoms. The van der Waals surface area contributed by atoms with E-state index in [4.69, 9.17) is 23.7 Å². The molecule has 0 spiro atoms. The van der Waals surface area contributed by atoms with Crippen molar-refractivity contribution in [2.45, 2.75) is 189 Å². The fraction of sp³-hybridized carbons (Fsp3) is 0.605. The van der Waals surface area contributed by atoms with Crippen LogP contribution in [-0.4, -0.2) is 128 Å². The van der Waals surface area contributed by atoms with Gasteiger partial charge in [-0.3, -0.25) is 19.8 Å². The molecule has 4 heterocycles. The number of rotatable bonds is 21. The number of benzene rings is 4. The highest BCUT2D eigenvalue weighted by molar-refractivity contribution is 6.17. The van der Waals surface area contributed by atoms with Crippen LogP contribution in [0.4, 0.5) is 5.69 Å². The zero-order valence-electron chi connectivity index (χ0n) is 55.4. The average Bonchev–Trinajstić information content (AvgIpc) is 1.48. The molecule has 4 aliphatic heterocycles. The van der Waals surface area contributed by atoms with Gasteiger partial charge in [-0.15, -0.1) is 0 Å². The summed E-state index contributed by atoms with van der Waals surface area (Å²) in [4.78, 5) is 30.3. The molecule has 4 saturated carbocycles. The van der Waals surface area contributed by atoms with Crippen molar-refractivity contribution in [1.82, 2.24) is 26.2 Å². The van der Waals surface area contributed by atoms with E-state index in [1.54, 1.807) is 24.1 Å². The Hall–Kier alpha value is -6.18. The third kappa shape index (κ3) is 11.1. The van der Waals surface area contributed by atoms with E-state index in [2.05, 4.69) is 77.0 Å². The molecule has 0 radical (unpaired) electrons. The summed E-state index contributed by atoms with van der Waals surface area (Å²) in [5.74, 6) is 1.78. The van der Waals surface area contributed by atoms with Crippen LogP contribution < -0.4 is 50.3 Å². The number of methoxy groups -OCH3 is 1. The number of imide groups is 1. The number of carbonyl (C=O) groups is 2. The number of ether oxygens (including phenoxy) is 5. The largest absolute Gasteiger partial charge is 0.502 e. The molecule has 2 amide bonds. The quantitative estimate of drug-likeness (QED) is 0.0279. The van der Waals surface area contributed by atoms with E-state index in [1.165, 1.54) is 58.1 Å². The molecule has 13 atom stereocenters. The number of phenolic OH excluding ortho intramolecular Hbond substituents is 1. The van der Waals surface area contributed by atoms with Crippen LogP contribution in [0, 0.1) is 35.5 Å². The van der Waals surface area contributed by atoms with Gasteiger partial charge in [0, 0.05) is 106 Å². The normalized spacial score (nSPS) is 30.9.